The molecule has 204 valence electrons. The molecule has 0 spiro atoms. The van der Waals surface area contributed by atoms with Crippen LogP contribution in [0.1, 0.15) is 22.8 Å². The number of ether oxygens (including phenoxy) is 5. The van der Waals surface area contributed by atoms with Gasteiger partial charge in [0.25, 0.3) is 0 Å². The van der Waals surface area contributed by atoms with Crippen molar-refractivity contribution in [2.45, 2.75) is 12.0 Å². The first-order chi connectivity index (χ1) is 18.4. The Balaban J connectivity index is 2.00. The van der Waals surface area contributed by atoms with Crippen molar-refractivity contribution in [3.63, 3.8) is 0 Å². The second kappa shape index (κ2) is 14.4. The van der Waals surface area contributed by atoms with Crippen LogP contribution in [0.4, 0.5) is 8.78 Å². The highest BCUT2D eigenvalue weighted by Gasteiger charge is 2.48. The zero-order valence-corrected chi connectivity index (χ0v) is 21.4. The number of hydrogen-bond acceptors (Lipinski definition) is 8. The average Bonchev–Trinajstić information content (AvgIpc) is 2.94. The van der Waals surface area contributed by atoms with Gasteiger partial charge in [0.1, 0.15) is 13.2 Å². The molecular weight excluding hydrogens is 502 g/mol. The Hall–Kier alpha value is -3.57. The van der Waals surface area contributed by atoms with Crippen molar-refractivity contribution in [2.75, 3.05) is 47.8 Å². The fourth-order valence-corrected chi connectivity index (χ4v) is 3.55. The van der Waals surface area contributed by atoms with E-state index in [4.69, 9.17) is 28.6 Å². The molecule has 0 amide bonds. The maximum Gasteiger partial charge on any atom is 0.380 e. The number of halogens is 2. The van der Waals surface area contributed by atoms with E-state index in [2.05, 4.69) is 4.89 Å². The largest absolute Gasteiger partial charge is 0.487 e. The summed E-state index contributed by atoms with van der Waals surface area (Å²) in [6, 6.07) is 19.4. The van der Waals surface area contributed by atoms with E-state index < -0.39 is 29.3 Å². The molecule has 1 unspecified atom stereocenters. The molecule has 0 radical (unpaired) electrons. The number of rotatable bonds is 15. The normalized spacial score (nSPS) is 12.7. The Morgan fingerprint density at radius 3 is 1.89 bits per heavy atom. The first-order valence-corrected chi connectivity index (χ1v) is 11.7. The number of alkyl halides is 1. The van der Waals surface area contributed by atoms with Crippen LogP contribution in [-0.2, 0) is 34.6 Å². The van der Waals surface area contributed by atoms with Gasteiger partial charge in [0, 0.05) is 19.8 Å². The first-order valence-electron chi connectivity index (χ1n) is 11.7. The average molecular weight is 533 g/mol. The fourth-order valence-electron chi connectivity index (χ4n) is 3.55. The van der Waals surface area contributed by atoms with Gasteiger partial charge in [-0.25, -0.2) is 14.1 Å². The molecule has 0 aliphatic rings. The van der Waals surface area contributed by atoms with Crippen LogP contribution < -0.4 is 9.47 Å². The lowest BCUT2D eigenvalue weighted by molar-refractivity contribution is -0.381. The van der Waals surface area contributed by atoms with E-state index in [1.165, 1.54) is 14.2 Å². The smallest absolute Gasteiger partial charge is 0.380 e. The van der Waals surface area contributed by atoms with Crippen molar-refractivity contribution in [3.8, 4) is 11.5 Å². The maximum atomic E-state index is 16.4. The molecule has 0 saturated carbocycles. The molecule has 0 bridgehead atoms. The zero-order chi connectivity index (χ0) is 27.4. The lowest BCUT2D eigenvalue weighted by Gasteiger charge is -2.26. The number of hydrogen-bond donors (Lipinski definition) is 0. The van der Waals surface area contributed by atoms with E-state index in [1.54, 1.807) is 60.7 Å². The van der Waals surface area contributed by atoms with E-state index in [9.17, 15) is 4.79 Å². The SMILES string of the molecule is COCCOc1cc(C(F)(OOC)C(=O)OC(c2ccccc2)c2ccccc2)cc(F)c1OCCOC. The van der Waals surface area contributed by atoms with Gasteiger partial charge in [0.2, 0.25) is 0 Å². The predicted molar refractivity (Wildman–Crippen MR) is 133 cm³/mol. The molecule has 0 fully saturated rings. The Morgan fingerprint density at radius 1 is 0.816 bits per heavy atom. The van der Waals surface area contributed by atoms with Gasteiger partial charge in [-0.05, 0) is 23.3 Å². The molecule has 38 heavy (non-hydrogen) atoms. The van der Waals surface area contributed by atoms with Crippen molar-refractivity contribution >= 4 is 5.97 Å². The van der Waals surface area contributed by atoms with Gasteiger partial charge in [-0.2, -0.15) is 9.28 Å². The summed E-state index contributed by atoms with van der Waals surface area (Å²) in [4.78, 5) is 22.7. The van der Waals surface area contributed by atoms with E-state index in [0.717, 1.165) is 19.2 Å². The summed E-state index contributed by atoms with van der Waals surface area (Å²) in [5.41, 5.74) is 0.611. The molecule has 3 rings (SSSR count). The minimum absolute atomic E-state index is 0.000611. The summed E-state index contributed by atoms with van der Waals surface area (Å²) >= 11 is 0. The van der Waals surface area contributed by atoms with Gasteiger partial charge in [-0.3, -0.25) is 0 Å². The zero-order valence-electron chi connectivity index (χ0n) is 21.4. The van der Waals surface area contributed by atoms with Gasteiger partial charge in [-0.1, -0.05) is 60.7 Å². The maximum absolute atomic E-state index is 16.4. The highest BCUT2D eigenvalue weighted by Crippen LogP contribution is 2.40. The van der Waals surface area contributed by atoms with E-state index in [1.807, 2.05) is 0 Å². The molecular formula is C28H30F2O8. The number of esters is 1. The van der Waals surface area contributed by atoms with Crippen LogP contribution in [0, 0.1) is 5.82 Å². The molecule has 1 atom stereocenters. The monoisotopic (exact) mass is 532 g/mol. The third-order valence-corrected chi connectivity index (χ3v) is 5.35. The molecule has 0 aromatic heterocycles. The summed E-state index contributed by atoms with van der Waals surface area (Å²) in [6.45, 7) is 0.335. The molecule has 10 heteroatoms. The molecule has 0 aliphatic carbocycles. The number of carbonyl (C=O) groups excluding carboxylic acids is 1. The second-order valence-corrected chi connectivity index (χ2v) is 7.92. The topological polar surface area (TPSA) is 81.7 Å². The summed E-state index contributed by atoms with van der Waals surface area (Å²) in [7, 11) is 3.94. The van der Waals surface area contributed by atoms with E-state index in [0.29, 0.717) is 11.1 Å². The van der Waals surface area contributed by atoms with Crippen LogP contribution in [0.2, 0.25) is 0 Å². The highest BCUT2D eigenvalue weighted by atomic mass is 19.2. The Bertz CT molecular complexity index is 1110. The molecule has 8 nitrogen and oxygen atoms in total. The Labute approximate surface area is 219 Å². The van der Waals surface area contributed by atoms with Crippen molar-refractivity contribution < 1.29 is 47.0 Å². The van der Waals surface area contributed by atoms with Gasteiger partial charge in [0.15, 0.2) is 23.4 Å². The number of benzene rings is 3. The lowest BCUT2D eigenvalue weighted by Crippen LogP contribution is -2.37. The van der Waals surface area contributed by atoms with E-state index in [-0.39, 0.29) is 37.9 Å². The number of methoxy groups -OCH3 is 2. The Morgan fingerprint density at radius 2 is 1.37 bits per heavy atom. The van der Waals surface area contributed by atoms with Crippen LogP contribution in [0.5, 0.6) is 11.5 Å². The summed E-state index contributed by atoms with van der Waals surface area (Å²) < 4.78 is 58.1. The second-order valence-electron chi connectivity index (χ2n) is 7.92. The molecule has 0 heterocycles. The minimum atomic E-state index is -3.36. The summed E-state index contributed by atoms with van der Waals surface area (Å²) in [5, 5.41) is 0. The van der Waals surface area contributed by atoms with Crippen molar-refractivity contribution in [1.82, 2.24) is 0 Å². The molecule has 0 aliphatic heterocycles. The standard InChI is InChI=1S/C28H30F2O8/c1-32-14-16-35-24-19-22(18-23(29)26(24)36-17-15-33-2)28(30,38-34-3)27(31)37-25(20-10-6-4-7-11-20)21-12-8-5-9-13-21/h4-13,18-19,25H,14-17H2,1-3H3. The third-order valence-electron chi connectivity index (χ3n) is 5.35. The molecule has 3 aromatic carbocycles. The van der Waals surface area contributed by atoms with Crippen LogP contribution in [0.3, 0.4) is 0 Å². The Kier molecular flexibility index (Phi) is 11.0. The van der Waals surface area contributed by atoms with E-state index >= 15 is 8.78 Å². The van der Waals surface area contributed by atoms with Crippen molar-refractivity contribution in [2.24, 2.45) is 0 Å². The lowest BCUT2D eigenvalue weighted by atomic mass is 10.0. The fraction of sp³-hybridized carbons (Fsp3) is 0.321. The number of carbonyl (C=O) groups is 1. The third kappa shape index (κ3) is 7.26. The van der Waals surface area contributed by atoms with Gasteiger partial charge in [-0.15, -0.1) is 0 Å². The summed E-state index contributed by atoms with van der Waals surface area (Å²) in [6.07, 6.45) is -0.987. The summed E-state index contributed by atoms with van der Waals surface area (Å²) in [5.74, 6) is -6.29. The molecule has 3 aromatic rings. The van der Waals surface area contributed by atoms with Crippen LogP contribution in [0.25, 0.3) is 0 Å². The van der Waals surface area contributed by atoms with Gasteiger partial charge >= 0.3 is 11.8 Å². The van der Waals surface area contributed by atoms with Crippen LogP contribution in [0.15, 0.2) is 72.8 Å². The van der Waals surface area contributed by atoms with Gasteiger partial charge in [0.05, 0.1) is 20.3 Å². The highest BCUT2D eigenvalue weighted by molar-refractivity contribution is 5.80. The predicted octanol–water partition coefficient (Wildman–Crippen LogP) is 4.91. The van der Waals surface area contributed by atoms with Crippen LogP contribution >= 0.6 is 0 Å². The first kappa shape index (κ1) is 29.0. The van der Waals surface area contributed by atoms with Crippen molar-refractivity contribution in [1.29, 1.82) is 0 Å². The molecule has 0 N–H and O–H groups in total. The van der Waals surface area contributed by atoms with Gasteiger partial charge < -0.3 is 23.7 Å². The quantitative estimate of drug-likeness (QED) is 0.118. The molecule has 0 saturated heterocycles. The van der Waals surface area contributed by atoms with Crippen LogP contribution in [-0.4, -0.2) is 53.7 Å². The van der Waals surface area contributed by atoms with Crippen molar-refractivity contribution in [3.05, 3.63) is 95.3 Å². The minimum Gasteiger partial charge on any atom is -0.487 e.